The highest BCUT2D eigenvalue weighted by Gasteiger charge is 2.05. The Morgan fingerprint density at radius 3 is 2.69 bits per heavy atom. The molecule has 0 aliphatic heterocycles. The predicted molar refractivity (Wildman–Crippen MR) is 65.7 cm³/mol. The number of hydrogen-bond donors (Lipinski definition) is 1. The minimum Gasteiger partial charge on any atom is -0.463 e. The Morgan fingerprint density at radius 1 is 1.19 bits per heavy atom. The molecule has 6 heteroatoms. The molecule has 0 aromatic carbocycles. The van der Waals surface area contributed by atoms with E-state index in [-0.39, 0.29) is 5.95 Å². The summed E-state index contributed by atoms with van der Waals surface area (Å²) in [7, 11) is 0. The Kier molecular flexibility index (Phi) is 5.92. The third-order valence-corrected chi connectivity index (χ3v) is 2.71. The molecule has 16 heavy (non-hydrogen) atoms. The van der Waals surface area contributed by atoms with Gasteiger partial charge >= 0.3 is 6.01 Å². The number of nitrogen functional groups attached to an aromatic ring is 1. The van der Waals surface area contributed by atoms with Crippen LogP contribution in [0.25, 0.3) is 0 Å². The standard InChI is InChI=1S/C10H18N4OS/c1-3-5-7-16-10-13-8(11)12-9(14-10)15-6-4-2/h3-7H2,1-2H3,(H2,11,12,13,14). The summed E-state index contributed by atoms with van der Waals surface area (Å²) in [6.07, 6.45) is 3.22. The monoisotopic (exact) mass is 242 g/mol. The second kappa shape index (κ2) is 7.27. The highest BCUT2D eigenvalue weighted by atomic mass is 32.2. The molecule has 0 amide bonds. The molecular formula is C10H18N4OS. The first-order valence-electron chi connectivity index (χ1n) is 5.53. The van der Waals surface area contributed by atoms with Gasteiger partial charge in [0.25, 0.3) is 0 Å². The molecule has 0 unspecified atom stereocenters. The van der Waals surface area contributed by atoms with Gasteiger partial charge in [-0.3, -0.25) is 0 Å². The highest BCUT2D eigenvalue weighted by molar-refractivity contribution is 7.99. The van der Waals surface area contributed by atoms with Crippen molar-refractivity contribution in [2.75, 3.05) is 18.1 Å². The van der Waals surface area contributed by atoms with E-state index in [9.17, 15) is 0 Å². The van der Waals surface area contributed by atoms with E-state index in [1.807, 2.05) is 6.92 Å². The number of thioether (sulfide) groups is 1. The Labute approximate surface area is 100 Å². The maximum absolute atomic E-state index is 5.58. The van der Waals surface area contributed by atoms with E-state index in [0.29, 0.717) is 17.8 Å². The average Bonchev–Trinajstić information content (AvgIpc) is 2.26. The second-order valence-electron chi connectivity index (χ2n) is 3.31. The summed E-state index contributed by atoms with van der Waals surface area (Å²) in [6, 6.07) is 0.327. The van der Waals surface area contributed by atoms with Crippen LogP contribution in [-0.2, 0) is 0 Å². The van der Waals surface area contributed by atoms with Gasteiger partial charge in [0.2, 0.25) is 5.95 Å². The van der Waals surface area contributed by atoms with Crippen LogP contribution < -0.4 is 10.5 Å². The first kappa shape index (κ1) is 13.0. The van der Waals surface area contributed by atoms with Gasteiger partial charge in [0.15, 0.2) is 5.16 Å². The van der Waals surface area contributed by atoms with Crippen LogP contribution in [0.15, 0.2) is 5.16 Å². The van der Waals surface area contributed by atoms with Gasteiger partial charge in [-0.15, -0.1) is 0 Å². The molecule has 0 bridgehead atoms. The van der Waals surface area contributed by atoms with Gasteiger partial charge in [-0.2, -0.15) is 15.0 Å². The number of rotatable bonds is 7. The van der Waals surface area contributed by atoms with Crippen LogP contribution in [0.2, 0.25) is 0 Å². The summed E-state index contributed by atoms with van der Waals surface area (Å²) < 4.78 is 5.33. The molecule has 0 fully saturated rings. The Hall–Kier alpha value is -1.04. The van der Waals surface area contributed by atoms with Crippen LogP contribution in [0.3, 0.4) is 0 Å². The van der Waals surface area contributed by atoms with Crippen molar-refractivity contribution >= 4 is 17.7 Å². The van der Waals surface area contributed by atoms with E-state index in [4.69, 9.17) is 10.5 Å². The van der Waals surface area contributed by atoms with Gasteiger partial charge in [0.05, 0.1) is 6.61 Å². The average molecular weight is 242 g/mol. The molecule has 0 aliphatic carbocycles. The second-order valence-corrected chi connectivity index (χ2v) is 4.37. The fourth-order valence-electron chi connectivity index (χ4n) is 0.983. The fraction of sp³-hybridized carbons (Fsp3) is 0.700. The van der Waals surface area contributed by atoms with E-state index >= 15 is 0 Å². The number of nitrogens with zero attached hydrogens (tertiary/aromatic N) is 3. The van der Waals surface area contributed by atoms with Gasteiger partial charge in [0.1, 0.15) is 0 Å². The van der Waals surface area contributed by atoms with Crippen molar-refractivity contribution in [2.45, 2.75) is 38.3 Å². The summed E-state index contributed by atoms with van der Waals surface area (Å²) in [5.41, 5.74) is 5.58. The maximum atomic E-state index is 5.58. The van der Waals surface area contributed by atoms with Crippen LogP contribution in [0.4, 0.5) is 5.95 Å². The minimum absolute atomic E-state index is 0.222. The minimum atomic E-state index is 0.222. The summed E-state index contributed by atoms with van der Waals surface area (Å²) in [5, 5.41) is 0.645. The zero-order chi connectivity index (χ0) is 11.8. The molecular weight excluding hydrogens is 224 g/mol. The third kappa shape index (κ3) is 4.65. The van der Waals surface area contributed by atoms with E-state index in [1.165, 1.54) is 0 Å². The summed E-state index contributed by atoms with van der Waals surface area (Å²) in [4.78, 5) is 12.2. The quantitative estimate of drug-likeness (QED) is 0.583. The Bertz CT molecular complexity index is 322. The fourth-order valence-corrected chi connectivity index (χ4v) is 1.90. The van der Waals surface area contributed by atoms with Crippen molar-refractivity contribution in [3.63, 3.8) is 0 Å². The molecule has 0 radical (unpaired) electrons. The molecule has 0 saturated carbocycles. The van der Waals surface area contributed by atoms with Gasteiger partial charge in [-0.25, -0.2) is 0 Å². The molecule has 2 N–H and O–H groups in total. The number of nitrogens with two attached hydrogens (primary N) is 1. The Morgan fingerprint density at radius 2 is 2.00 bits per heavy atom. The molecule has 0 aliphatic rings. The number of anilines is 1. The molecule has 1 heterocycles. The maximum Gasteiger partial charge on any atom is 0.322 e. The molecule has 1 aromatic heterocycles. The van der Waals surface area contributed by atoms with Gasteiger partial charge in [-0.1, -0.05) is 32.0 Å². The van der Waals surface area contributed by atoms with Crippen molar-refractivity contribution in [1.29, 1.82) is 0 Å². The molecule has 0 spiro atoms. The smallest absolute Gasteiger partial charge is 0.322 e. The highest BCUT2D eigenvalue weighted by Crippen LogP contribution is 2.17. The summed E-state index contributed by atoms with van der Waals surface area (Å²) in [5.74, 6) is 1.22. The van der Waals surface area contributed by atoms with Gasteiger partial charge in [0, 0.05) is 5.75 Å². The molecule has 5 nitrogen and oxygen atoms in total. The number of hydrogen-bond acceptors (Lipinski definition) is 6. The molecule has 1 aromatic rings. The summed E-state index contributed by atoms with van der Waals surface area (Å²) >= 11 is 1.58. The zero-order valence-corrected chi connectivity index (χ0v) is 10.6. The van der Waals surface area contributed by atoms with E-state index in [2.05, 4.69) is 21.9 Å². The SMILES string of the molecule is CCCCSc1nc(N)nc(OCCC)n1. The first-order chi connectivity index (χ1) is 7.76. The first-order valence-corrected chi connectivity index (χ1v) is 6.52. The summed E-state index contributed by atoms with van der Waals surface area (Å²) in [6.45, 7) is 4.78. The lowest BCUT2D eigenvalue weighted by Crippen LogP contribution is -2.05. The van der Waals surface area contributed by atoms with Crippen molar-refractivity contribution in [2.24, 2.45) is 0 Å². The van der Waals surface area contributed by atoms with Crippen molar-refractivity contribution < 1.29 is 4.74 Å². The molecule has 1 rings (SSSR count). The normalized spacial score (nSPS) is 10.4. The number of unbranched alkanes of at least 4 members (excludes halogenated alkanes) is 1. The molecule has 90 valence electrons. The lowest BCUT2D eigenvalue weighted by molar-refractivity contribution is 0.288. The topological polar surface area (TPSA) is 73.9 Å². The molecule has 0 atom stereocenters. The van der Waals surface area contributed by atoms with Crippen molar-refractivity contribution in [1.82, 2.24) is 15.0 Å². The zero-order valence-electron chi connectivity index (χ0n) is 9.77. The van der Waals surface area contributed by atoms with Crippen molar-refractivity contribution in [3.8, 4) is 6.01 Å². The van der Waals surface area contributed by atoms with Crippen LogP contribution in [0.1, 0.15) is 33.1 Å². The van der Waals surface area contributed by atoms with E-state index < -0.39 is 0 Å². The lowest BCUT2D eigenvalue weighted by Gasteiger charge is -2.04. The van der Waals surface area contributed by atoms with Crippen LogP contribution in [-0.4, -0.2) is 27.3 Å². The van der Waals surface area contributed by atoms with E-state index in [0.717, 1.165) is 25.0 Å². The third-order valence-electron chi connectivity index (χ3n) is 1.78. The number of aromatic nitrogens is 3. The van der Waals surface area contributed by atoms with Crippen molar-refractivity contribution in [3.05, 3.63) is 0 Å². The van der Waals surface area contributed by atoms with Gasteiger partial charge in [-0.05, 0) is 12.8 Å². The van der Waals surface area contributed by atoms with Crippen LogP contribution in [0.5, 0.6) is 6.01 Å². The lowest BCUT2D eigenvalue weighted by atomic mass is 10.4. The predicted octanol–water partition coefficient (Wildman–Crippen LogP) is 2.13. The Balaban J connectivity index is 2.58. The van der Waals surface area contributed by atoms with Crippen LogP contribution >= 0.6 is 11.8 Å². The van der Waals surface area contributed by atoms with Crippen LogP contribution in [0, 0.1) is 0 Å². The molecule has 0 saturated heterocycles. The largest absolute Gasteiger partial charge is 0.463 e. The number of ether oxygens (including phenoxy) is 1. The van der Waals surface area contributed by atoms with E-state index in [1.54, 1.807) is 11.8 Å². The van der Waals surface area contributed by atoms with Gasteiger partial charge < -0.3 is 10.5 Å².